The van der Waals surface area contributed by atoms with Crippen molar-refractivity contribution < 1.29 is 9.18 Å². The monoisotopic (exact) mass is 308 g/mol. The van der Waals surface area contributed by atoms with Crippen LogP contribution in [0.15, 0.2) is 18.2 Å². The number of hydrogen-bond donors (Lipinski definition) is 2. The molecule has 3 N–H and O–H groups in total. The van der Waals surface area contributed by atoms with E-state index in [9.17, 15) is 9.18 Å². The van der Waals surface area contributed by atoms with Crippen molar-refractivity contribution >= 4 is 29.9 Å². The van der Waals surface area contributed by atoms with Gasteiger partial charge in [-0.3, -0.25) is 4.79 Å². The zero-order valence-electron chi connectivity index (χ0n) is 11.0. The van der Waals surface area contributed by atoms with E-state index in [1.165, 1.54) is 12.1 Å². The molecule has 0 aromatic heterocycles. The van der Waals surface area contributed by atoms with Crippen LogP contribution < -0.4 is 11.1 Å². The molecule has 0 aliphatic rings. The number of carbonyl (C=O) groups is 1. The molecular formula is C13H19Cl2FN2O. The fourth-order valence-corrected chi connectivity index (χ4v) is 1.73. The zero-order valence-corrected chi connectivity index (χ0v) is 12.5. The van der Waals surface area contributed by atoms with Crippen molar-refractivity contribution in [3.63, 3.8) is 0 Å². The average molecular weight is 309 g/mol. The molecule has 0 fully saturated rings. The SMILES string of the molecule is CC(N)CCC(=O)NC(C)c1ccc(F)c(Cl)c1.Cl. The van der Waals surface area contributed by atoms with Crippen molar-refractivity contribution in [3.8, 4) is 0 Å². The number of hydrogen-bond acceptors (Lipinski definition) is 2. The number of rotatable bonds is 5. The van der Waals surface area contributed by atoms with E-state index >= 15 is 0 Å². The molecule has 2 unspecified atom stereocenters. The topological polar surface area (TPSA) is 55.1 Å². The second kappa shape index (κ2) is 8.35. The van der Waals surface area contributed by atoms with E-state index in [2.05, 4.69) is 5.32 Å². The van der Waals surface area contributed by atoms with Gasteiger partial charge in [0.15, 0.2) is 0 Å². The molecule has 0 aliphatic heterocycles. The maximum Gasteiger partial charge on any atom is 0.220 e. The van der Waals surface area contributed by atoms with Crippen molar-refractivity contribution in [2.24, 2.45) is 5.73 Å². The van der Waals surface area contributed by atoms with Gasteiger partial charge in [0.05, 0.1) is 11.1 Å². The molecule has 3 nitrogen and oxygen atoms in total. The van der Waals surface area contributed by atoms with Gasteiger partial charge in [-0.2, -0.15) is 0 Å². The lowest BCUT2D eigenvalue weighted by Crippen LogP contribution is -2.28. The second-order valence-electron chi connectivity index (χ2n) is 4.48. The van der Waals surface area contributed by atoms with Crippen LogP contribution in [0.25, 0.3) is 0 Å². The van der Waals surface area contributed by atoms with Crippen LogP contribution in [0, 0.1) is 5.82 Å². The van der Waals surface area contributed by atoms with Gasteiger partial charge in [-0.1, -0.05) is 17.7 Å². The maximum absolute atomic E-state index is 13.0. The van der Waals surface area contributed by atoms with Gasteiger partial charge in [0, 0.05) is 12.5 Å². The minimum Gasteiger partial charge on any atom is -0.350 e. The first-order valence-corrected chi connectivity index (χ1v) is 6.28. The molecule has 1 aromatic carbocycles. The Morgan fingerprint density at radius 1 is 1.47 bits per heavy atom. The van der Waals surface area contributed by atoms with Gasteiger partial charge in [0.25, 0.3) is 0 Å². The first-order chi connectivity index (χ1) is 8.40. The molecule has 0 aliphatic carbocycles. The summed E-state index contributed by atoms with van der Waals surface area (Å²) in [5, 5.41) is 2.88. The third-order valence-corrected chi connectivity index (χ3v) is 2.94. The number of nitrogens with two attached hydrogens (primary N) is 1. The van der Waals surface area contributed by atoms with E-state index in [1.807, 2.05) is 13.8 Å². The highest BCUT2D eigenvalue weighted by Crippen LogP contribution is 2.20. The molecule has 19 heavy (non-hydrogen) atoms. The lowest BCUT2D eigenvalue weighted by atomic mass is 10.1. The van der Waals surface area contributed by atoms with Crippen molar-refractivity contribution in [3.05, 3.63) is 34.6 Å². The predicted molar refractivity (Wildman–Crippen MR) is 78.1 cm³/mol. The first-order valence-electron chi connectivity index (χ1n) is 5.90. The highest BCUT2D eigenvalue weighted by atomic mass is 35.5. The molecular weight excluding hydrogens is 290 g/mol. The third-order valence-electron chi connectivity index (χ3n) is 2.65. The van der Waals surface area contributed by atoms with Crippen LogP contribution in [0.1, 0.15) is 38.3 Å². The van der Waals surface area contributed by atoms with Gasteiger partial charge in [0.2, 0.25) is 5.91 Å². The number of halogens is 3. The largest absolute Gasteiger partial charge is 0.350 e. The van der Waals surface area contributed by atoms with Crippen molar-refractivity contribution in [1.82, 2.24) is 5.32 Å². The van der Waals surface area contributed by atoms with Crippen molar-refractivity contribution in [2.45, 2.75) is 38.8 Å². The van der Waals surface area contributed by atoms with Gasteiger partial charge < -0.3 is 11.1 Å². The smallest absolute Gasteiger partial charge is 0.220 e. The van der Waals surface area contributed by atoms with Crippen LogP contribution >= 0.6 is 24.0 Å². The van der Waals surface area contributed by atoms with Crippen LogP contribution in [0.3, 0.4) is 0 Å². The summed E-state index contributed by atoms with van der Waals surface area (Å²) in [5.41, 5.74) is 6.35. The zero-order chi connectivity index (χ0) is 13.7. The number of benzene rings is 1. The molecule has 0 spiro atoms. The predicted octanol–water partition coefficient (Wildman–Crippen LogP) is 3.21. The maximum atomic E-state index is 13.0. The number of carbonyl (C=O) groups excluding carboxylic acids is 1. The number of nitrogens with one attached hydrogen (secondary N) is 1. The Bertz CT molecular complexity index is 427. The molecule has 1 amide bonds. The average Bonchev–Trinajstić information content (AvgIpc) is 2.30. The van der Waals surface area contributed by atoms with Gasteiger partial charge in [-0.25, -0.2) is 4.39 Å². The van der Waals surface area contributed by atoms with Crippen LogP contribution in [0.5, 0.6) is 0 Å². The van der Waals surface area contributed by atoms with E-state index in [0.717, 1.165) is 5.56 Å². The molecule has 2 atom stereocenters. The molecule has 1 aromatic rings. The van der Waals surface area contributed by atoms with Crippen LogP contribution in [0.4, 0.5) is 4.39 Å². The minimum atomic E-state index is -0.462. The molecule has 0 radical (unpaired) electrons. The fourth-order valence-electron chi connectivity index (χ4n) is 1.54. The molecule has 0 saturated carbocycles. The molecule has 0 bridgehead atoms. The highest BCUT2D eigenvalue weighted by Gasteiger charge is 2.11. The Labute approximate surface area is 124 Å². The molecule has 0 saturated heterocycles. The van der Waals surface area contributed by atoms with Gasteiger partial charge in [-0.05, 0) is 38.0 Å². The third kappa shape index (κ3) is 6.23. The number of amides is 1. The standard InChI is InChI=1S/C13H18ClFN2O.ClH/c1-8(16)3-6-13(18)17-9(2)10-4-5-12(15)11(14)7-10;/h4-5,7-9H,3,6,16H2,1-2H3,(H,17,18);1H. The fraction of sp³-hybridized carbons (Fsp3) is 0.462. The molecule has 0 heterocycles. The van der Waals surface area contributed by atoms with Crippen LogP contribution in [-0.4, -0.2) is 11.9 Å². The Morgan fingerprint density at radius 2 is 2.11 bits per heavy atom. The summed E-state index contributed by atoms with van der Waals surface area (Å²) in [7, 11) is 0. The second-order valence-corrected chi connectivity index (χ2v) is 4.89. The van der Waals surface area contributed by atoms with E-state index in [4.69, 9.17) is 17.3 Å². The summed E-state index contributed by atoms with van der Waals surface area (Å²) in [6.07, 6.45) is 1.03. The molecule has 6 heteroatoms. The van der Waals surface area contributed by atoms with Crippen molar-refractivity contribution in [1.29, 1.82) is 0 Å². The van der Waals surface area contributed by atoms with Crippen LogP contribution in [-0.2, 0) is 4.79 Å². The Kier molecular flexibility index (Phi) is 7.99. The quantitative estimate of drug-likeness (QED) is 0.877. The van der Waals surface area contributed by atoms with Gasteiger partial charge in [-0.15, -0.1) is 12.4 Å². The lowest BCUT2D eigenvalue weighted by molar-refractivity contribution is -0.121. The summed E-state index contributed by atoms with van der Waals surface area (Å²) in [6.45, 7) is 3.68. The van der Waals surface area contributed by atoms with E-state index < -0.39 is 5.82 Å². The summed E-state index contributed by atoms with van der Waals surface area (Å²) in [6, 6.07) is 4.22. The minimum absolute atomic E-state index is 0. The summed E-state index contributed by atoms with van der Waals surface area (Å²) >= 11 is 5.69. The van der Waals surface area contributed by atoms with Gasteiger partial charge in [0.1, 0.15) is 5.82 Å². The first kappa shape index (κ1) is 18.2. The summed E-state index contributed by atoms with van der Waals surface area (Å²) in [4.78, 5) is 11.6. The Hall–Kier alpha value is -0.840. The van der Waals surface area contributed by atoms with Crippen molar-refractivity contribution in [2.75, 3.05) is 0 Å². The van der Waals surface area contributed by atoms with E-state index in [1.54, 1.807) is 6.07 Å². The summed E-state index contributed by atoms with van der Waals surface area (Å²) in [5.74, 6) is -0.531. The van der Waals surface area contributed by atoms with E-state index in [-0.39, 0.29) is 35.4 Å². The summed E-state index contributed by atoms with van der Waals surface area (Å²) < 4.78 is 13.0. The molecule has 1 rings (SSSR count). The Balaban J connectivity index is 0.00000324. The molecule has 108 valence electrons. The normalized spacial score (nSPS) is 13.3. The van der Waals surface area contributed by atoms with Crippen LogP contribution in [0.2, 0.25) is 5.02 Å². The van der Waals surface area contributed by atoms with E-state index in [0.29, 0.717) is 12.8 Å². The lowest BCUT2D eigenvalue weighted by Gasteiger charge is -2.15. The highest BCUT2D eigenvalue weighted by molar-refractivity contribution is 6.30. The Morgan fingerprint density at radius 3 is 2.63 bits per heavy atom. The van der Waals surface area contributed by atoms with Gasteiger partial charge >= 0.3 is 0 Å².